The Balaban J connectivity index is 2.44. The highest BCUT2D eigenvalue weighted by molar-refractivity contribution is 5.14. The predicted octanol–water partition coefficient (Wildman–Crippen LogP) is 2.54. The lowest BCUT2D eigenvalue weighted by Gasteiger charge is -2.09. The molecule has 0 fully saturated rings. The molecule has 3 heteroatoms. The van der Waals surface area contributed by atoms with Gasteiger partial charge in [0.25, 0.3) is 0 Å². The van der Waals surface area contributed by atoms with Crippen LogP contribution in [0.5, 0.6) is 0 Å². The first kappa shape index (κ1) is 12.3. The van der Waals surface area contributed by atoms with Crippen LogP contribution in [0.2, 0.25) is 0 Å². The third kappa shape index (κ3) is 4.61. The maximum absolute atomic E-state index is 10.4. The molecule has 0 bridgehead atoms. The fraction of sp³-hybridized carbons (Fsp3) is 0.385. The number of terminal acetylenes is 1. The minimum Gasteiger partial charge on any atom is -0.265 e. The number of aryl methyl sites for hydroxylation is 1. The van der Waals surface area contributed by atoms with E-state index in [0.29, 0.717) is 6.42 Å². The number of hydrogen-bond acceptors (Lipinski definition) is 2. The van der Waals surface area contributed by atoms with Crippen molar-refractivity contribution in [1.82, 2.24) is 0 Å². The average molecular weight is 217 g/mol. The molecule has 0 aromatic heterocycles. The molecule has 0 aliphatic carbocycles. The number of benzene rings is 1. The number of hydrogen-bond donors (Lipinski definition) is 0. The molecular formula is C13H15NO2. The fourth-order valence-corrected chi connectivity index (χ4v) is 1.65. The van der Waals surface area contributed by atoms with Gasteiger partial charge in [-0.15, -0.1) is 12.3 Å². The van der Waals surface area contributed by atoms with E-state index < -0.39 is 0 Å². The number of nitro groups is 1. The second-order valence-corrected chi connectivity index (χ2v) is 3.81. The van der Waals surface area contributed by atoms with Crippen LogP contribution >= 0.6 is 0 Å². The van der Waals surface area contributed by atoms with Crippen LogP contribution in [0.1, 0.15) is 18.4 Å². The van der Waals surface area contributed by atoms with E-state index in [0.717, 1.165) is 12.8 Å². The van der Waals surface area contributed by atoms with E-state index >= 15 is 0 Å². The molecule has 0 radical (unpaired) electrons. The number of rotatable bonds is 6. The van der Waals surface area contributed by atoms with E-state index in [-0.39, 0.29) is 17.4 Å². The minimum atomic E-state index is -0.285. The van der Waals surface area contributed by atoms with Crippen LogP contribution in [0.15, 0.2) is 30.3 Å². The normalized spacial score (nSPS) is 11.7. The van der Waals surface area contributed by atoms with Gasteiger partial charge in [-0.25, -0.2) is 0 Å². The van der Waals surface area contributed by atoms with Gasteiger partial charge >= 0.3 is 0 Å². The van der Waals surface area contributed by atoms with Crippen LogP contribution in [0.25, 0.3) is 0 Å². The van der Waals surface area contributed by atoms with Crippen LogP contribution in [0.3, 0.4) is 0 Å². The first-order chi connectivity index (χ1) is 7.72. The summed E-state index contributed by atoms with van der Waals surface area (Å²) in [4.78, 5) is 10.1. The van der Waals surface area contributed by atoms with Crippen molar-refractivity contribution in [3.05, 3.63) is 46.0 Å². The van der Waals surface area contributed by atoms with E-state index in [1.54, 1.807) is 0 Å². The molecule has 0 heterocycles. The molecule has 3 nitrogen and oxygen atoms in total. The van der Waals surface area contributed by atoms with Crippen molar-refractivity contribution >= 4 is 0 Å². The van der Waals surface area contributed by atoms with Crippen molar-refractivity contribution in [2.75, 3.05) is 6.54 Å². The first-order valence-corrected chi connectivity index (χ1v) is 5.31. The topological polar surface area (TPSA) is 43.1 Å². The minimum absolute atomic E-state index is 0.0137. The third-order valence-electron chi connectivity index (χ3n) is 2.50. The van der Waals surface area contributed by atoms with Gasteiger partial charge in [-0.05, 0) is 18.4 Å². The van der Waals surface area contributed by atoms with Gasteiger partial charge in [0.15, 0.2) is 0 Å². The van der Waals surface area contributed by atoms with Crippen LogP contribution in [0.4, 0.5) is 0 Å². The average Bonchev–Trinajstić information content (AvgIpc) is 2.27. The van der Waals surface area contributed by atoms with Gasteiger partial charge in [0.1, 0.15) is 0 Å². The second kappa shape index (κ2) is 6.62. The highest BCUT2D eigenvalue weighted by atomic mass is 16.6. The smallest absolute Gasteiger partial charge is 0.207 e. The van der Waals surface area contributed by atoms with Crippen LogP contribution in [0, 0.1) is 28.4 Å². The van der Waals surface area contributed by atoms with E-state index in [1.807, 2.05) is 30.3 Å². The van der Waals surface area contributed by atoms with Crippen LogP contribution in [-0.4, -0.2) is 11.5 Å². The van der Waals surface area contributed by atoms with Crippen LogP contribution in [-0.2, 0) is 6.42 Å². The lowest BCUT2D eigenvalue weighted by atomic mass is 9.97. The van der Waals surface area contributed by atoms with Crippen molar-refractivity contribution < 1.29 is 4.92 Å². The zero-order chi connectivity index (χ0) is 11.8. The van der Waals surface area contributed by atoms with Gasteiger partial charge in [0.2, 0.25) is 6.54 Å². The Labute approximate surface area is 95.6 Å². The van der Waals surface area contributed by atoms with Gasteiger partial charge in [0, 0.05) is 17.3 Å². The molecule has 0 saturated heterocycles. The summed E-state index contributed by atoms with van der Waals surface area (Å²) >= 11 is 0. The molecule has 0 aliphatic rings. The highest BCUT2D eigenvalue weighted by Crippen LogP contribution is 2.13. The molecule has 84 valence electrons. The van der Waals surface area contributed by atoms with E-state index in [1.165, 1.54) is 5.56 Å². The van der Waals surface area contributed by atoms with Crippen molar-refractivity contribution in [2.24, 2.45) is 5.92 Å². The summed E-state index contributed by atoms with van der Waals surface area (Å²) in [5.41, 5.74) is 1.20. The number of nitrogens with zero attached hydrogens (tertiary/aromatic N) is 1. The molecule has 0 saturated carbocycles. The Kier molecular flexibility index (Phi) is 5.07. The molecule has 16 heavy (non-hydrogen) atoms. The Hall–Kier alpha value is -1.82. The Morgan fingerprint density at radius 2 is 2.06 bits per heavy atom. The lowest BCUT2D eigenvalue weighted by molar-refractivity contribution is -0.488. The quantitative estimate of drug-likeness (QED) is 0.417. The van der Waals surface area contributed by atoms with Crippen molar-refractivity contribution in [3.8, 4) is 12.3 Å². The van der Waals surface area contributed by atoms with Gasteiger partial charge in [-0.2, -0.15) is 0 Å². The Bertz CT molecular complexity index is 367. The van der Waals surface area contributed by atoms with Crippen LogP contribution < -0.4 is 0 Å². The third-order valence-corrected chi connectivity index (χ3v) is 2.50. The summed E-state index contributed by atoms with van der Waals surface area (Å²) in [6, 6.07) is 9.95. The summed E-state index contributed by atoms with van der Waals surface area (Å²) in [7, 11) is 0. The zero-order valence-corrected chi connectivity index (χ0v) is 9.13. The molecule has 0 aliphatic heterocycles. The summed E-state index contributed by atoms with van der Waals surface area (Å²) in [5.74, 6) is 2.49. The highest BCUT2D eigenvalue weighted by Gasteiger charge is 2.13. The van der Waals surface area contributed by atoms with Crippen molar-refractivity contribution in [2.45, 2.75) is 19.3 Å². The maximum Gasteiger partial charge on any atom is 0.207 e. The second-order valence-electron chi connectivity index (χ2n) is 3.81. The summed E-state index contributed by atoms with van der Waals surface area (Å²) in [6.07, 6.45) is 7.30. The maximum atomic E-state index is 10.4. The molecule has 1 aromatic rings. The molecule has 1 rings (SSSR count). The molecule has 1 unspecified atom stereocenters. The molecular weight excluding hydrogens is 202 g/mol. The lowest BCUT2D eigenvalue weighted by Crippen LogP contribution is -2.14. The molecule has 0 amide bonds. The van der Waals surface area contributed by atoms with E-state index in [9.17, 15) is 10.1 Å². The summed E-state index contributed by atoms with van der Waals surface area (Å²) in [5, 5.41) is 10.4. The van der Waals surface area contributed by atoms with E-state index in [2.05, 4.69) is 5.92 Å². The van der Waals surface area contributed by atoms with Crippen molar-refractivity contribution in [3.63, 3.8) is 0 Å². The summed E-state index contributed by atoms with van der Waals surface area (Å²) < 4.78 is 0. The van der Waals surface area contributed by atoms with Gasteiger partial charge in [-0.1, -0.05) is 30.3 Å². The standard InChI is InChI=1S/C13H15NO2/c1-2-6-13(11-14(15)16)10-9-12-7-4-3-5-8-12/h1,3-5,7-8,13H,6,9-11H2. The Morgan fingerprint density at radius 1 is 1.38 bits per heavy atom. The van der Waals surface area contributed by atoms with E-state index in [4.69, 9.17) is 6.42 Å². The molecule has 1 atom stereocenters. The SMILES string of the molecule is C#CCC(CCc1ccccc1)C[N+](=O)[O-]. The van der Waals surface area contributed by atoms with Gasteiger partial charge in [0.05, 0.1) is 0 Å². The first-order valence-electron chi connectivity index (χ1n) is 5.31. The molecule has 0 N–H and O–H groups in total. The molecule has 1 aromatic carbocycles. The Morgan fingerprint density at radius 3 is 2.62 bits per heavy atom. The molecule has 0 spiro atoms. The largest absolute Gasteiger partial charge is 0.265 e. The predicted molar refractivity (Wildman–Crippen MR) is 63.6 cm³/mol. The zero-order valence-electron chi connectivity index (χ0n) is 9.13. The monoisotopic (exact) mass is 217 g/mol. The van der Waals surface area contributed by atoms with Crippen molar-refractivity contribution in [1.29, 1.82) is 0 Å². The van der Waals surface area contributed by atoms with Gasteiger partial charge in [-0.3, -0.25) is 10.1 Å². The summed E-state index contributed by atoms with van der Waals surface area (Å²) in [6.45, 7) is -0.0307. The van der Waals surface area contributed by atoms with Gasteiger partial charge < -0.3 is 0 Å². The fourth-order valence-electron chi connectivity index (χ4n) is 1.65.